The molecule has 10 heteroatoms. The van der Waals surface area contributed by atoms with E-state index < -0.39 is 11.8 Å². The van der Waals surface area contributed by atoms with Gasteiger partial charge in [0.1, 0.15) is 12.2 Å². The zero-order valence-electron chi connectivity index (χ0n) is 20.5. The first-order valence-electron chi connectivity index (χ1n) is 11.7. The lowest BCUT2D eigenvalue weighted by Gasteiger charge is -2.29. The summed E-state index contributed by atoms with van der Waals surface area (Å²) in [6.45, 7) is 4.50. The van der Waals surface area contributed by atoms with E-state index in [4.69, 9.17) is 44.9 Å². The minimum absolute atomic E-state index is 0.0311. The van der Waals surface area contributed by atoms with Gasteiger partial charge >= 0.3 is 0 Å². The third-order valence-electron chi connectivity index (χ3n) is 5.71. The topological polar surface area (TPSA) is 67.9 Å². The molecular weight excluding hydrogens is 611 g/mol. The molecule has 1 N–H and O–H groups in total. The van der Waals surface area contributed by atoms with Gasteiger partial charge in [0.15, 0.2) is 16.6 Å². The Morgan fingerprint density at radius 2 is 1.68 bits per heavy atom. The number of hydrogen-bond donors (Lipinski definition) is 1. The molecule has 0 saturated carbocycles. The molecule has 0 spiro atoms. The Morgan fingerprint density at radius 3 is 2.34 bits per heavy atom. The van der Waals surface area contributed by atoms with Crippen LogP contribution < -0.4 is 19.7 Å². The second-order valence-corrected chi connectivity index (χ2v) is 10.3. The standard InChI is InChI=1S/C28H23BrCl2N2O4S/c1-3-16-5-8-19(9-6-16)33-27(35)20(26(34)32-28(33)38)11-18-12-21(29)25(24(14-18)36-4-2)37-15-17-7-10-22(30)23(31)13-17/h5-14H,3-4,15H2,1-2H3,(H,32,34,38)/b20-11+. The number of benzene rings is 3. The van der Waals surface area contributed by atoms with Crippen LogP contribution in [0.5, 0.6) is 11.5 Å². The maximum atomic E-state index is 13.4. The van der Waals surface area contributed by atoms with E-state index in [1.165, 1.54) is 11.0 Å². The number of rotatable bonds is 8. The Hall–Kier alpha value is -2.91. The molecule has 1 aliphatic rings. The first-order chi connectivity index (χ1) is 18.2. The van der Waals surface area contributed by atoms with Gasteiger partial charge in [-0.15, -0.1) is 0 Å². The first-order valence-corrected chi connectivity index (χ1v) is 13.7. The largest absolute Gasteiger partial charge is 0.490 e. The van der Waals surface area contributed by atoms with Crippen LogP contribution in [0.25, 0.3) is 6.08 Å². The van der Waals surface area contributed by atoms with Crippen molar-refractivity contribution >= 4 is 80.0 Å². The molecule has 0 aromatic heterocycles. The number of nitrogens with one attached hydrogen (secondary N) is 1. The second kappa shape index (κ2) is 12.3. The molecule has 38 heavy (non-hydrogen) atoms. The first kappa shape index (κ1) is 28.1. The number of hydrogen-bond acceptors (Lipinski definition) is 5. The van der Waals surface area contributed by atoms with E-state index in [1.54, 1.807) is 24.3 Å². The molecule has 0 aliphatic carbocycles. The lowest BCUT2D eigenvalue weighted by atomic mass is 10.1. The van der Waals surface area contributed by atoms with Gasteiger partial charge in [0, 0.05) is 0 Å². The maximum Gasteiger partial charge on any atom is 0.270 e. The summed E-state index contributed by atoms with van der Waals surface area (Å²) in [7, 11) is 0. The Morgan fingerprint density at radius 1 is 0.974 bits per heavy atom. The van der Waals surface area contributed by atoms with Crippen molar-refractivity contribution in [3.8, 4) is 11.5 Å². The van der Waals surface area contributed by atoms with Crippen LogP contribution in [0.15, 0.2) is 64.6 Å². The molecule has 1 fully saturated rings. The average molecular weight is 634 g/mol. The van der Waals surface area contributed by atoms with Crippen molar-refractivity contribution in [2.24, 2.45) is 0 Å². The predicted octanol–water partition coefficient (Wildman–Crippen LogP) is 7.13. The summed E-state index contributed by atoms with van der Waals surface area (Å²) >= 11 is 21.0. The highest BCUT2D eigenvalue weighted by atomic mass is 79.9. The normalized spacial score (nSPS) is 14.6. The average Bonchev–Trinajstić information content (AvgIpc) is 2.88. The van der Waals surface area contributed by atoms with Crippen molar-refractivity contribution < 1.29 is 19.1 Å². The van der Waals surface area contributed by atoms with Gasteiger partial charge in [-0.25, -0.2) is 0 Å². The highest BCUT2D eigenvalue weighted by Gasteiger charge is 2.34. The quantitative estimate of drug-likeness (QED) is 0.162. The van der Waals surface area contributed by atoms with E-state index in [1.807, 2.05) is 44.2 Å². The number of nitrogens with zero attached hydrogens (tertiary/aromatic N) is 1. The number of amides is 2. The third kappa shape index (κ3) is 6.21. The minimum Gasteiger partial charge on any atom is -0.490 e. The molecule has 3 aromatic rings. The molecule has 0 bridgehead atoms. The third-order valence-corrected chi connectivity index (χ3v) is 7.33. The van der Waals surface area contributed by atoms with Gasteiger partial charge in [-0.05, 0) is 101 Å². The van der Waals surface area contributed by atoms with E-state index in [-0.39, 0.29) is 17.3 Å². The van der Waals surface area contributed by atoms with Gasteiger partial charge in [0.05, 0.1) is 26.8 Å². The Bertz CT molecular complexity index is 1440. The summed E-state index contributed by atoms with van der Waals surface area (Å²) in [6, 6.07) is 16.2. The smallest absolute Gasteiger partial charge is 0.270 e. The lowest BCUT2D eigenvalue weighted by Crippen LogP contribution is -2.54. The monoisotopic (exact) mass is 632 g/mol. The highest BCUT2D eigenvalue weighted by Crippen LogP contribution is 2.38. The molecule has 0 unspecified atom stereocenters. The van der Waals surface area contributed by atoms with E-state index in [0.29, 0.717) is 43.9 Å². The molecule has 6 nitrogen and oxygen atoms in total. The van der Waals surface area contributed by atoms with Crippen molar-refractivity contribution in [2.45, 2.75) is 26.9 Å². The molecule has 4 rings (SSSR count). The van der Waals surface area contributed by atoms with Crippen molar-refractivity contribution in [3.05, 3.63) is 91.4 Å². The zero-order chi connectivity index (χ0) is 27.4. The number of carbonyl (C=O) groups is 2. The fourth-order valence-electron chi connectivity index (χ4n) is 3.80. The summed E-state index contributed by atoms with van der Waals surface area (Å²) in [6.07, 6.45) is 2.37. The summed E-state index contributed by atoms with van der Waals surface area (Å²) in [5.41, 5.74) is 3.03. The van der Waals surface area contributed by atoms with E-state index >= 15 is 0 Å². The predicted molar refractivity (Wildman–Crippen MR) is 158 cm³/mol. The summed E-state index contributed by atoms with van der Waals surface area (Å²) in [5, 5.41) is 3.54. The van der Waals surface area contributed by atoms with Gasteiger partial charge in [-0.3, -0.25) is 19.8 Å². The summed E-state index contributed by atoms with van der Waals surface area (Å²) in [5.74, 6) is -0.175. The van der Waals surface area contributed by atoms with E-state index in [9.17, 15) is 9.59 Å². The summed E-state index contributed by atoms with van der Waals surface area (Å²) in [4.78, 5) is 27.5. The number of ether oxygens (including phenoxy) is 2. The van der Waals surface area contributed by atoms with Crippen LogP contribution in [-0.4, -0.2) is 23.5 Å². The molecule has 1 saturated heterocycles. The Labute approximate surface area is 244 Å². The van der Waals surface area contributed by atoms with Gasteiger partial charge in [-0.2, -0.15) is 0 Å². The van der Waals surface area contributed by atoms with Crippen LogP contribution >= 0.6 is 51.3 Å². The molecule has 3 aromatic carbocycles. The highest BCUT2D eigenvalue weighted by molar-refractivity contribution is 9.10. The van der Waals surface area contributed by atoms with Crippen LogP contribution in [0, 0.1) is 0 Å². The summed E-state index contributed by atoms with van der Waals surface area (Å²) < 4.78 is 12.4. The number of aryl methyl sites for hydroxylation is 1. The molecule has 1 aliphatic heterocycles. The fourth-order valence-corrected chi connectivity index (χ4v) is 4.97. The Kier molecular flexibility index (Phi) is 9.10. The second-order valence-electron chi connectivity index (χ2n) is 8.28. The van der Waals surface area contributed by atoms with Crippen LogP contribution in [-0.2, 0) is 22.6 Å². The van der Waals surface area contributed by atoms with Crippen LogP contribution in [0.1, 0.15) is 30.5 Å². The molecule has 1 heterocycles. The molecule has 196 valence electrons. The van der Waals surface area contributed by atoms with Crippen LogP contribution in [0.2, 0.25) is 10.0 Å². The minimum atomic E-state index is -0.574. The van der Waals surface area contributed by atoms with Crippen LogP contribution in [0.3, 0.4) is 0 Å². The lowest BCUT2D eigenvalue weighted by molar-refractivity contribution is -0.122. The number of carbonyl (C=O) groups excluding carboxylic acids is 2. The van der Waals surface area contributed by atoms with Gasteiger partial charge in [0.2, 0.25) is 0 Å². The molecule has 0 radical (unpaired) electrons. The van der Waals surface area contributed by atoms with E-state index in [0.717, 1.165) is 17.5 Å². The number of thiocarbonyl (C=S) groups is 1. The maximum absolute atomic E-state index is 13.4. The number of anilines is 1. The fraction of sp³-hybridized carbons (Fsp3) is 0.179. The Balaban J connectivity index is 1.64. The molecule has 2 amide bonds. The van der Waals surface area contributed by atoms with E-state index in [2.05, 4.69) is 21.2 Å². The number of halogens is 3. The van der Waals surface area contributed by atoms with Crippen molar-refractivity contribution in [1.82, 2.24) is 5.32 Å². The van der Waals surface area contributed by atoms with Gasteiger partial charge in [-0.1, -0.05) is 48.3 Å². The SMILES string of the molecule is CCOc1cc(/C=C2\C(=O)NC(=S)N(c3ccc(CC)cc3)C2=O)cc(Br)c1OCc1ccc(Cl)c(Cl)c1. The van der Waals surface area contributed by atoms with Crippen molar-refractivity contribution in [2.75, 3.05) is 11.5 Å². The molecule has 0 atom stereocenters. The van der Waals surface area contributed by atoms with Crippen molar-refractivity contribution in [3.63, 3.8) is 0 Å². The molecular formula is C28H23BrCl2N2O4S. The zero-order valence-corrected chi connectivity index (χ0v) is 24.4. The van der Waals surface area contributed by atoms with Gasteiger partial charge < -0.3 is 9.47 Å². The van der Waals surface area contributed by atoms with Gasteiger partial charge in [0.25, 0.3) is 11.8 Å². The van der Waals surface area contributed by atoms with Crippen molar-refractivity contribution in [1.29, 1.82) is 0 Å². The van der Waals surface area contributed by atoms with Crippen LogP contribution in [0.4, 0.5) is 5.69 Å².